The van der Waals surface area contributed by atoms with E-state index in [9.17, 15) is 4.79 Å². The standard InChI is InChI=1S/C20H22N6O3/c27-20(14-4-5-16-17(10-14)29-13-28-16)21-6-9-26-19-15(11-24-26)18(22-12-23-19)25-7-2-1-3-8-25/h4-5,10-12H,1-3,6-9,13H2,(H,21,27). The lowest BCUT2D eigenvalue weighted by Crippen LogP contribution is -2.30. The van der Waals surface area contributed by atoms with Crippen LogP contribution < -0.4 is 19.7 Å². The first-order chi connectivity index (χ1) is 14.3. The molecule has 150 valence electrons. The van der Waals surface area contributed by atoms with E-state index in [1.165, 1.54) is 19.3 Å². The summed E-state index contributed by atoms with van der Waals surface area (Å²) < 4.78 is 12.4. The molecule has 1 aromatic carbocycles. The van der Waals surface area contributed by atoms with Gasteiger partial charge in [0.05, 0.1) is 18.1 Å². The summed E-state index contributed by atoms with van der Waals surface area (Å²) in [5.41, 5.74) is 1.33. The smallest absolute Gasteiger partial charge is 0.251 e. The first kappa shape index (κ1) is 17.7. The molecule has 0 unspecified atom stereocenters. The number of rotatable bonds is 5. The lowest BCUT2D eigenvalue weighted by atomic mass is 10.1. The molecule has 9 nitrogen and oxygen atoms in total. The highest BCUT2D eigenvalue weighted by Crippen LogP contribution is 2.32. The van der Waals surface area contributed by atoms with Gasteiger partial charge in [0.1, 0.15) is 12.1 Å². The molecule has 2 aliphatic rings. The number of hydrogen-bond donors (Lipinski definition) is 1. The van der Waals surface area contributed by atoms with E-state index in [0.717, 1.165) is 29.9 Å². The Morgan fingerprint density at radius 1 is 1.10 bits per heavy atom. The lowest BCUT2D eigenvalue weighted by Gasteiger charge is -2.27. The Morgan fingerprint density at radius 3 is 2.86 bits per heavy atom. The SMILES string of the molecule is O=C(NCCn1ncc2c(N3CCCCC3)ncnc21)c1ccc2c(c1)OCO2. The van der Waals surface area contributed by atoms with Crippen LogP contribution in [0.1, 0.15) is 29.6 Å². The third kappa shape index (κ3) is 3.43. The van der Waals surface area contributed by atoms with Crippen molar-refractivity contribution in [1.82, 2.24) is 25.1 Å². The summed E-state index contributed by atoms with van der Waals surface area (Å²) in [4.78, 5) is 23.6. The minimum atomic E-state index is -0.164. The number of piperidine rings is 1. The van der Waals surface area contributed by atoms with Crippen molar-refractivity contribution >= 4 is 22.8 Å². The Hall–Kier alpha value is -3.36. The van der Waals surface area contributed by atoms with Gasteiger partial charge < -0.3 is 19.7 Å². The number of fused-ring (bicyclic) bond motifs is 2. The van der Waals surface area contributed by atoms with Crippen molar-refractivity contribution in [3.63, 3.8) is 0 Å². The van der Waals surface area contributed by atoms with E-state index in [2.05, 4.69) is 25.3 Å². The molecule has 1 amide bonds. The number of ether oxygens (including phenoxy) is 2. The number of aromatic nitrogens is 4. The quantitative estimate of drug-likeness (QED) is 0.707. The normalized spacial score (nSPS) is 15.7. The topological polar surface area (TPSA) is 94.4 Å². The van der Waals surface area contributed by atoms with Crippen LogP contribution in [-0.2, 0) is 6.54 Å². The van der Waals surface area contributed by atoms with Crippen LogP contribution in [0.3, 0.4) is 0 Å². The maximum Gasteiger partial charge on any atom is 0.251 e. The Bertz CT molecular complexity index is 1040. The summed E-state index contributed by atoms with van der Waals surface area (Å²) in [6.07, 6.45) is 7.05. The zero-order valence-electron chi connectivity index (χ0n) is 16.0. The third-order valence-corrected chi connectivity index (χ3v) is 5.31. The van der Waals surface area contributed by atoms with E-state index < -0.39 is 0 Å². The summed E-state index contributed by atoms with van der Waals surface area (Å²) in [5.74, 6) is 2.04. The van der Waals surface area contributed by atoms with Crippen LogP contribution in [0.2, 0.25) is 0 Å². The molecule has 0 saturated carbocycles. The second-order valence-corrected chi connectivity index (χ2v) is 7.17. The number of amides is 1. The van der Waals surface area contributed by atoms with Crippen molar-refractivity contribution in [1.29, 1.82) is 0 Å². The maximum atomic E-state index is 12.4. The van der Waals surface area contributed by atoms with Crippen molar-refractivity contribution in [3.05, 3.63) is 36.3 Å². The summed E-state index contributed by atoms with van der Waals surface area (Å²) in [6, 6.07) is 5.17. The molecule has 0 aliphatic carbocycles. The molecule has 1 fully saturated rings. The van der Waals surface area contributed by atoms with Crippen LogP contribution in [0.5, 0.6) is 11.5 Å². The summed E-state index contributed by atoms with van der Waals surface area (Å²) >= 11 is 0. The molecule has 0 atom stereocenters. The van der Waals surface area contributed by atoms with Gasteiger partial charge in [-0.3, -0.25) is 4.79 Å². The Labute approximate surface area is 167 Å². The fourth-order valence-corrected chi connectivity index (χ4v) is 3.82. The average Bonchev–Trinajstić information content (AvgIpc) is 3.40. The highest BCUT2D eigenvalue weighted by Gasteiger charge is 2.18. The predicted molar refractivity (Wildman–Crippen MR) is 106 cm³/mol. The van der Waals surface area contributed by atoms with Gasteiger partial charge in [-0.25, -0.2) is 14.6 Å². The third-order valence-electron chi connectivity index (χ3n) is 5.31. The van der Waals surface area contributed by atoms with Crippen LogP contribution in [-0.4, -0.2) is 52.1 Å². The second-order valence-electron chi connectivity index (χ2n) is 7.17. The van der Waals surface area contributed by atoms with Crippen molar-refractivity contribution in [2.24, 2.45) is 0 Å². The molecule has 0 radical (unpaired) electrons. The molecule has 0 spiro atoms. The number of anilines is 1. The highest BCUT2D eigenvalue weighted by molar-refractivity contribution is 5.95. The molecule has 9 heteroatoms. The Kier molecular flexibility index (Phi) is 4.63. The van der Waals surface area contributed by atoms with Gasteiger partial charge in [0.2, 0.25) is 6.79 Å². The van der Waals surface area contributed by atoms with Gasteiger partial charge in [-0.05, 0) is 37.5 Å². The summed E-state index contributed by atoms with van der Waals surface area (Å²) in [7, 11) is 0. The fourth-order valence-electron chi connectivity index (χ4n) is 3.82. The van der Waals surface area contributed by atoms with Crippen LogP contribution in [0.25, 0.3) is 11.0 Å². The molecular formula is C20H22N6O3. The number of hydrogen-bond acceptors (Lipinski definition) is 7. The van der Waals surface area contributed by atoms with Crippen LogP contribution in [0.15, 0.2) is 30.7 Å². The van der Waals surface area contributed by atoms with E-state index >= 15 is 0 Å². The minimum Gasteiger partial charge on any atom is -0.454 e. The zero-order valence-corrected chi connectivity index (χ0v) is 16.0. The van der Waals surface area contributed by atoms with Gasteiger partial charge in [0.25, 0.3) is 5.91 Å². The number of nitrogens with zero attached hydrogens (tertiary/aromatic N) is 5. The molecule has 1 saturated heterocycles. The van der Waals surface area contributed by atoms with Gasteiger partial charge in [0, 0.05) is 25.2 Å². The van der Waals surface area contributed by atoms with Gasteiger partial charge in [-0.2, -0.15) is 5.10 Å². The van der Waals surface area contributed by atoms with E-state index in [-0.39, 0.29) is 12.7 Å². The van der Waals surface area contributed by atoms with E-state index in [1.807, 2.05) is 10.9 Å². The predicted octanol–water partition coefficient (Wildman–Crippen LogP) is 1.98. The number of carbonyl (C=O) groups excluding carboxylic acids is 1. The molecule has 29 heavy (non-hydrogen) atoms. The van der Waals surface area contributed by atoms with Crippen molar-refractivity contribution in [2.45, 2.75) is 25.8 Å². The van der Waals surface area contributed by atoms with Crippen LogP contribution in [0, 0.1) is 0 Å². The van der Waals surface area contributed by atoms with E-state index in [4.69, 9.17) is 9.47 Å². The summed E-state index contributed by atoms with van der Waals surface area (Å²) in [6.45, 7) is 3.18. The van der Waals surface area contributed by atoms with Crippen LogP contribution >= 0.6 is 0 Å². The number of nitrogens with one attached hydrogen (secondary N) is 1. The molecule has 4 heterocycles. The molecular weight excluding hydrogens is 372 g/mol. The first-order valence-electron chi connectivity index (χ1n) is 9.89. The van der Waals surface area contributed by atoms with Crippen LogP contribution in [0.4, 0.5) is 5.82 Å². The van der Waals surface area contributed by atoms with Crippen molar-refractivity contribution in [2.75, 3.05) is 31.3 Å². The molecule has 2 aliphatic heterocycles. The first-order valence-corrected chi connectivity index (χ1v) is 9.89. The van der Waals surface area contributed by atoms with Gasteiger partial charge >= 0.3 is 0 Å². The maximum absolute atomic E-state index is 12.4. The van der Waals surface area contributed by atoms with Crippen molar-refractivity contribution < 1.29 is 14.3 Å². The summed E-state index contributed by atoms with van der Waals surface area (Å²) in [5, 5.41) is 8.34. The van der Waals surface area contributed by atoms with E-state index in [0.29, 0.717) is 30.2 Å². The fraction of sp³-hybridized carbons (Fsp3) is 0.400. The Balaban J connectivity index is 1.26. The number of benzene rings is 1. The minimum absolute atomic E-state index is 0.164. The van der Waals surface area contributed by atoms with Gasteiger partial charge in [0.15, 0.2) is 17.1 Å². The monoisotopic (exact) mass is 394 g/mol. The average molecular weight is 394 g/mol. The van der Waals surface area contributed by atoms with Gasteiger partial charge in [-0.15, -0.1) is 0 Å². The molecule has 2 aromatic heterocycles. The van der Waals surface area contributed by atoms with E-state index in [1.54, 1.807) is 24.5 Å². The Morgan fingerprint density at radius 2 is 1.97 bits per heavy atom. The second kappa shape index (κ2) is 7.57. The largest absolute Gasteiger partial charge is 0.454 e. The van der Waals surface area contributed by atoms with Gasteiger partial charge in [-0.1, -0.05) is 0 Å². The molecule has 1 N–H and O–H groups in total. The van der Waals surface area contributed by atoms with Crippen molar-refractivity contribution in [3.8, 4) is 11.5 Å². The zero-order chi connectivity index (χ0) is 19.6. The lowest BCUT2D eigenvalue weighted by molar-refractivity contribution is 0.0951. The molecule has 3 aromatic rings. The molecule has 0 bridgehead atoms. The highest BCUT2D eigenvalue weighted by atomic mass is 16.7. The number of carbonyl (C=O) groups is 1. The molecule has 5 rings (SSSR count).